The number of aromatic amines is 2. The Kier molecular flexibility index (Phi) is 6.88. The quantitative estimate of drug-likeness (QED) is 0.170. The third kappa shape index (κ3) is 5.11. The molecule has 0 atom stereocenters. The second-order valence-electron chi connectivity index (χ2n) is 9.69. The van der Waals surface area contributed by atoms with E-state index < -0.39 is 0 Å². The van der Waals surface area contributed by atoms with Crippen molar-refractivity contribution in [2.75, 3.05) is 0 Å². The molecule has 5 nitrogen and oxygen atoms in total. The summed E-state index contributed by atoms with van der Waals surface area (Å²) in [5, 5.41) is 13.1. The van der Waals surface area contributed by atoms with Gasteiger partial charge >= 0.3 is 0 Å². The predicted octanol–water partition coefficient (Wildman–Crippen LogP) is 8.65. The van der Waals surface area contributed by atoms with Gasteiger partial charge in [0.15, 0.2) is 0 Å². The van der Waals surface area contributed by atoms with Crippen LogP contribution in [0.2, 0.25) is 0 Å². The van der Waals surface area contributed by atoms with Crippen molar-refractivity contribution >= 4 is 33.1 Å². The van der Waals surface area contributed by atoms with E-state index in [1.807, 2.05) is 55.5 Å². The molecule has 0 aliphatic carbocycles. The van der Waals surface area contributed by atoms with Crippen LogP contribution in [0.15, 0.2) is 128 Å². The molecule has 0 saturated heterocycles. The maximum atomic E-state index is 14.0. The van der Waals surface area contributed by atoms with Crippen molar-refractivity contribution < 1.29 is 4.39 Å². The van der Waals surface area contributed by atoms with E-state index in [9.17, 15) is 4.39 Å². The first kappa shape index (κ1) is 25.8. The van der Waals surface area contributed by atoms with Crippen molar-refractivity contribution in [2.45, 2.75) is 6.92 Å². The zero-order chi connectivity index (χ0) is 28.3. The molecule has 3 aromatic heterocycles. The average molecular weight is 538 g/mol. The Morgan fingerprint density at radius 2 is 1.76 bits per heavy atom. The first-order chi connectivity index (χ1) is 20.0. The smallest absolute Gasteiger partial charge is 0.123 e. The number of H-pyrrole nitrogens is 2. The Hall–Kier alpha value is -5.49. The van der Waals surface area contributed by atoms with Crippen molar-refractivity contribution in [2.24, 2.45) is 0 Å². The van der Waals surface area contributed by atoms with Gasteiger partial charge in [0.25, 0.3) is 0 Å². The summed E-state index contributed by atoms with van der Waals surface area (Å²) in [5.41, 5.74) is 9.75. The lowest BCUT2D eigenvalue weighted by molar-refractivity contribution is 0.628. The van der Waals surface area contributed by atoms with Gasteiger partial charge < -0.3 is 10.3 Å². The van der Waals surface area contributed by atoms with E-state index in [0.29, 0.717) is 0 Å². The maximum Gasteiger partial charge on any atom is 0.123 e. The van der Waals surface area contributed by atoms with E-state index >= 15 is 0 Å². The molecular weight excluding hydrogens is 509 g/mol. The minimum absolute atomic E-state index is 0.283. The summed E-state index contributed by atoms with van der Waals surface area (Å²) in [6, 6.07) is 24.8. The van der Waals surface area contributed by atoms with E-state index in [0.717, 1.165) is 72.4 Å². The van der Waals surface area contributed by atoms with Gasteiger partial charge in [-0.3, -0.25) is 10.1 Å². The highest BCUT2D eigenvalue weighted by Crippen LogP contribution is 2.34. The van der Waals surface area contributed by atoms with Gasteiger partial charge in [-0.25, -0.2) is 4.39 Å². The van der Waals surface area contributed by atoms with Gasteiger partial charge in [-0.2, -0.15) is 5.10 Å². The fraction of sp³-hybridized carbons (Fsp3) is 0.0286. The van der Waals surface area contributed by atoms with Crippen LogP contribution in [-0.2, 0) is 0 Å². The van der Waals surface area contributed by atoms with E-state index in [1.165, 1.54) is 12.1 Å². The molecule has 6 rings (SSSR count). The Morgan fingerprint density at radius 3 is 2.54 bits per heavy atom. The zero-order valence-corrected chi connectivity index (χ0v) is 22.6. The zero-order valence-electron chi connectivity index (χ0n) is 22.6. The number of aromatic nitrogens is 4. The lowest BCUT2D eigenvalue weighted by Crippen LogP contribution is -2.09. The van der Waals surface area contributed by atoms with E-state index in [4.69, 9.17) is 0 Å². The normalized spacial score (nSPS) is 12.1. The van der Waals surface area contributed by atoms with Crippen molar-refractivity contribution in [3.8, 4) is 22.5 Å². The Labute approximate surface area is 237 Å². The Morgan fingerprint density at radius 1 is 0.902 bits per heavy atom. The molecule has 200 valence electrons. The topological polar surface area (TPSA) is 69.4 Å². The number of nitrogens with one attached hydrogen (secondary N) is 3. The number of hydrogen-bond acceptors (Lipinski definition) is 3. The minimum atomic E-state index is -0.283. The number of benzene rings is 3. The van der Waals surface area contributed by atoms with Crippen molar-refractivity contribution in [3.05, 3.63) is 145 Å². The summed E-state index contributed by atoms with van der Waals surface area (Å²) in [5.74, 6) is -0.283. The van der Waals surface area contributed by atoms with Crippen molar-refractivity contribution in [3.63, 3.8) is 0 Å². The molecule has 0 amide bonds. The summed E-state index contributed by atoms with van der Waals surface area (Å²) in [6.45, 7) is 10.2. The van der Waals surface area contributed by atoms with E-state index in [2.05, 4.69) is 62.9 Å². The average Bonchev–Trinajstić information content (AvgIpc) is 3.63. The number of rotatable bonds is 8. The summed E-state index contributed by atoms with van der Waals surface area (Å²) >= 11 is 0. The summed E-state index contributed by atoms with van der Waals surface area (Å²) < 4.78 is 14.0. The number of allylic oxidation sites excluding steroid dienone is 4. The summed E-state index contributed by atoms with van der Waals surface area (Å²) in [6.07, 6.45) is 9.45. The minimum Gasteiger partial charge on any atom is -0.356 e. The summed E-state index contributed by atoms with van der Waals surface area (Å²) in [4.78, 5) is 7.84. The number of nitrogens with zero attached hydrogens (tertiary/aromatic N) is 2. The highest BCUT2D eigenvalue weighted by molar-refractivity contribution is 6.01. The van der Waals surface area contributed by atoms with Crippen LogP contribution in [0.4, 0.5) is 4.39 Å². The van der Waals surface area contributed by atoms with Crippen molar-refractivity contribution in [1.29, 1.82) is 0 Å². The SMILES string of the molecule is C=C/C(=C\C(=C/C)c1ccc2[nH]nc(-c3cc4c(-c5cccc(F)c5)cncc4[nH]3)c2c1)NC(=C)c1ccccc1. The molecule has 0 aliphatic heterocycles. The first-order valence-electron chi connectivity index (χ1n) is 13.3. The number of hydrogen-bond donors (Lipinski definition) is 3. The third-order valence-corrected chi connectivity index (χ3v) is 7.09. The lowest BCUT2D eigenvalue weighted by Gasteiger charge is -2.12. The standard InChI is InChI=1S/C35H28FN5/c1-4-23(17-28(5-2)38-22(3)24-10-7-6-8-11-24)25-14-15-32-30(18-25)35(41-40-32)33-19-29-31(20-37-21-34(29)39-33)26-12-9-13-27(36)16-26/h4-21,38-39H,2-3H2,1H3,(H,40,41)/b23-4+,28-17+. The maximum absolute atomic E-state index is 14.0. The molecule has 6 aromatic rings. The van der Waals surface area contributed by atoms with Gasteiger partial charge in [0.05, 0.1) is 22.9 Å². The molecule has 0 unspecified atom stereocenters. The van der Waals surface area contributed by atoms with Gasteiger partial charge in [-0.15, -0.1) is 0 Å². The molecule has 3 N–H and O–H groups in total. The Balaban J connectivity index is 1.36. The van der Waals surface area contributed by atoms with Crippen LogP contribution in [0, 0.1) is 5.82 Å². The van der Waals surface area contributed by atoms with Crippen LogP contribution >= 0.6 is 0 Å². The fourth-order valence-corrected chi connectivity index (χ4v) is 5.00. The van der Waals surface area contributed by atoms with Gasteiger partial charge in [0.1, 0.15) is 11.5 Å². The molecule has 0 aliphatic rings. The fourth-order valence-electron chi connectivity index (χ4n) is 5.00. The molecule has 0 radical (unpaired) electrons. The van der Waals surface area contributed by atoms with Gasteiger partial charge in [-0.05, 0) is 71.7 Å². The third-order valence-electron chi connectivity index (χ3n) is 7.09. The van der Waals surface area contributed by atoms with Gasteiger partial charge in [-0.1, -0.05) is 67.8 Å². The van der Waals surface area contributed by atoms with Gasteiger partial charge in [0, 0.05) is 33.9 Å². The van der Waals surface area contributed by atoms with Crippen LogP contribution in [0.1, 0.15) is 18.1 Å². The van der Waals surface area contributed by atoms with Crippen LogP contribution in [-0.4, -0.2) is 20.2 Å². The molecule has 0 bridgehead atoms. The first-order valence-corrected chi connectivity index (χ1v) is 13.3. The second kappa shape index (κ2) is 10.9. The molecule has 0 spiro atoms. The molecule has 6 heteroatoms. The highest BCUT2D eigenvalue weighted by atomic mass is 19.1. The number of pyridine rings is 1. The van der Waals surface area contributed by atoms with E-state index in [1.54, 1.807) is 24.5 Å². The molecule has 41 heavy (non-hydrogen) atoms. The van der Waals surface area contributed by atoms with E-state index in [-0.39, 0.29) is 5.82 Å². The molecule has 0 saturated carbocycles. The predicted molar refractivity (Wildman–Crippen MR) is 167 cm³/mol. The Bertz CT molecular complexity index is 1970. The van der Waals surface area contributed by atoms with Crippen LogP contribution < -0.4 is 5.32 Å². The van der Waals surface area contributed by atoms with Crippen LogP contribution in [0.25, 0.3) is 55.6 Å². The second-order valence-corrected chi connectivity index (χ2v) is 9.69. The molecule has 0 fully saturated rings. The van der Waals surface area contributed by atoms with Crippen molar-refractivity contribution in [1.82, 2.24) is 25.5 Å². The largest absolute Gasteiger partial charge is 0.356 e. The van der Waals surface area contributed by atoms with Gasteiger partial charge in [0.2, 0.25) is 0 Å². The molecule has 3 heterocycles. The number of halogens is 1. The van der Waals surface area contributed by atoms with Crippen LogP contribution in [0.5, 0.6) is 0 Å². The summed E-state index contributed by atoms with van der Waals surface area (Å²) in [7, 11) is 0. The lowest BCUT2D eigenvalue weighted by atomic mass is 10.0. The highest BCUT2D eigenvalue weighted by Gasteiger charge is 2.15. The molecule has 3 aromatic carbocycles. The molecular formula is C35H28FN5. The number of fused-ring (bicyclic) bond motifs is 2. The monoisotopic (exact) mass is 537 g/mol. The van der Waals surface area contributed by atoms with Crippen LogP contribution in [0.3, 0.4) is 0 Å².